The third-order valence-corrected chi connectivity index (χ3v) is 6.84. The Bertz CT molecular complexity index is 477. The largest absolute Gasteiger partial charge is 0.335 e. The van der Waals surface area contributed by atoms with E-state index in [2.05, 4.69) is 24.1 Å². The number of nitrogens with two attached hydrogens (primary N) is 1. The molecule has 1 aliphatic carbocycles. The van der Waals surface area contributed by atoms with Gasteiger partial charge in [-0.05, 0) is 37.5 Å². The Hall–Kier alpha value is -0.460. The maximum Gasteiger partial charge on any atom is 0.228 e. The van der Waals surface area contributed by atoms with Gasteiger partial charge in [-0.15, -0.1) is 0 Å². The summed E-state index contributed by atoms with van der Waals surface area (Å²) in [6, 6.07) is 0.435. The molecule has 0 aromatic carbocycles. The standard InChI is InChI=1S/C18H35N3O2S/c1-17(2,3)16(22)21(13-6-8-18(4,5)9-7-13)14-10-15(20-11-14)24(23)12-19/h13-15,20H,6-12,19H2,1-5H3/t14-,15+,24?/m0/s1. The molecule has 1 amide bonds. The number of rotatable bonds is 4. The summed E-state index contributed by atoms with van der Waals surface area (Å²) in [6.45, 7) is 11.3. The molecule has 1 unspecified atom stereocenters. The lowest BCUT2D eigenvalue weighted by Crippen LogP contribution is -2.53. The number of amides is 1. The van der Waals surface area contributed by atoms with Crippen LogP contribution in [-0.4, -0.2) is 44.9 Å². The average Bonchev–Trinajstić information content (AvgIpc) is 2.97. The molecule has 0 bridgehead atoms. The van der Waals surface area contributed by atoms with E-state index < -0.39 is 16.2 Å². The van der Waals surface area contributed by atoms with Crippen LogP contribution in [0.3, 0.4) is 0 Å². The molecule has 0 radical (unpaired) electrons. The fraction of sp³-hybridized carbons (Fsp3) is 0.944. The molecular formula is C18H35N3O2S. The molecule has 1 saturated carbocycles. The Labute approximate surface area is 149 Å². The lowest BCUT2D eigenvalue weighted by Gasteiger charge is -2.44. The van der Waals surface area contributed by atoms with E-state index in [1.807, 2.05) is 20.8 Å². The molecular weight excluding hydrogens is 322 g/mol. The van der Waals surface area contributed by atoms with Gasteiger partial charge in [0.15, 0.2) is 0 Å². The predicted octanol–water partition coefficient (Wildman–Crippen LogP) is 2.18. The maximum atomic E-state index is 13.2. The van der Waals surface area contributed by atoms with Crippen LogP contribution in [0.1, 0.15) is 66.7 Å². The van der Waals surface area contributed by atoms with Gasteiger partial charge >= 0.3 is 0 Å². The zero-order chi connectivity index (χ0) is 18.1. The summed E-state index contributed by atoms with van der Waals surface area (Å²) < 4.78 is 12.0. The van der Waals surface area contributed by atoms with Crippen LogP contribution in [0.5, 0.6) is 0 Å². The molecule has 140 valence electrons. The van der Waals surface area contributed by atoms with Crippen LogP contribution in [0.2, 0.25) is 0 Å². The third kappa shape index (κ3) is 4.58. The van der Waals surface area contributed by atoms with Gasteiger partial charge in [0.25, 0.3) is 0 Å². The van der Waals surface area contributed by atoms with Crippen molar-refractivity contribution in [3.8, 4) is 0 Å². The minimum atomic E-state index is -1.06. The number of carbonyl (C=O) groups is 1. The summed E-state index contributed by atoms with van der Waals surface area (Å²) >= 11 is 0. The normalized spacial score (nSPS) is 29.4. The van der Waals surface area contributed by atoms with E-state index in [0.29, 0.717) is 11.5 Å². The van der Waals surface area contributed by atoms with Gasteiger partial charge in [0.1, 0.15) is 0 Å². The van der Waals surface area contributed by atoms with E-state index in [1.54, 1.807) is 0 Å². The van der Waals surface area contributed by atoms with Crippen LogP contribution in [0.15, 0.2) is 0 Å². The quantitative estimate of drug-likeness (QED) is 0.809. The molecule has 3 N–H and O–H groups in total. The van der Waals surface area contributed by atoms with Gasteiger partial charge in [0.05, 0.1) is 22.1 Å². The van der Waals surface area contributed by atoms with E-state index in [0.717, 1.165) is 38.6 Å². The van der Waals surface area contributed by atoms with Crippen molar-refractivity contribution in [3.05, 3.63) is 0 Å². The fourth-order valence-electron chi connectivity index (χ4n) is 3.89. The van der Waals surface area contributed by atoms with Gasteiger partial charge in [-0.25, -0.2) is 0 Å². The molecule has 2 fully saturated rings. The highest BCUT2D eigenvalue weighted by molar-refractivity contribution is 7.85. The van der Waals surface area contributed by atoms with Gasteiger partial charge < -0.3 is 16.0 Å². The fourth-order valence-corrected chi connectivity index (χ4v) is 4.84. The van der Waals surface area contributed by atoms with Crippen LogP contribution < -0.4 is 11.1 Å². The number of hydrogen-bond donors (Lipinski definition) is 2. The monoisotopic (exact) mass is 357 g/mol. The van der Waals surface area contributed by atoms with Crippen molar-refractivity contribution in [1.29, 1.82) is 0 Å². The van der Waals surface area contributed by atoms with Crippen LogP contribution in [0.4, 0.5) is 0 Å². The molecule has 0 aromatic heterocycles. The molecule has 2 rings (SSSR count). The van der Waals surface area contributed by atoms with Crippen molar-refractivity contribution >= 4 is 16.7 Å². The van der Waals surface area contributed by atoms with Crippen LogP contribution in [0, 0.1) is 10.8 Å². The Morgan fingerprint density at radius 2 is 1.83 bits per heavy atom. The van der Waals surface area contributed by atoms with Crippen molar-refractivity contribution in [2.45, 2.75) is 84.2 Å². The summed E-state index contributed by atoms with van der Waals surface area (Å²) in [6.07, 6.45) is 5.19. The molecule has 3 atom stereocenters. The summed E-state index contributed by atoms with van der Waals surface area (Å²) in [7, 11) is -1.06. The zero-order valence-corrected chi connectivity index (χ0v) is 16.7. The SMILES string of the molecule is CC1(C)CCC(N(C(=O)C(C)(C)C)[C@@H]2CN[C@H](S(=O)CN)C2)CC1. The Balaban J connectivity index is 2.16. The van der Waals surface area contributed by atoms with E-state index >= 15 is 0 Å². The lowest BCUT2D eigenvalue weighted by atomic mass is 9.74. The van der Waals surface area contributed by atoms with Crippen LogP contribution in [0.25, 0.3) is 0 Å². The van der Waals surface area contributed by atoms with Crippen molar-refractivity contribution in [3.63, 3.8) is 0 Å². The number of nitrogens with zero attached hydrogens (tertiary/aromatic N) is 1. The second-order valence-corrected chi connectivity index (χ2v) is 10.9. The van der Waals surface area contributed by atoms with Gasteiger partial charge in [-0.3, -0.25) is 9.00 Å². The highest BCUT2D eigenvalue weighted by Crippen LogP contribution is 2.39. The Morgan fingerprint density at radius 3 is 2.33 bits per heavy atom. The number of carbonyl (C=O) groups excluding carboxylic acids is 1. The molecule has 1 heterocycles. The maximum absolute atomic E-state index is 13.2. The first kappa shape index (κ1) is 19.9. The zero-order valence-electron chi connectivity index (χ0n) is 15.9. The first-order chi connectivity index (χ1) is 11.0. The summed E-state index contributed by atoms with van der Waals surface area (Å²) in [5, 5.41) is 3.24. The number of hydrogen-bond acceptors (Lipinski definition) is 4. The van der Waals surface area contributed by atoms with Crippen molar-refractivity contribution in [1.82, 2.24) is 10.2 Å². The molecule has 0 spiro atoms. The molecule has 6 heteroatoms. The third-order valence-electron chi connectivity index (χ3n) is 5.52. The Kier molecular flexibility index (Phi) is 6.14. The van der Waals surface area contributed by atoms with Crippen molar-refractivity contribution in [2.24, 2.45) is 16.6 Å². The minimum absolute atomic E-state index is 0.0877. The van der Waals surface area contributed by atoms with E-state index in [4.69, 9.17) is 5.73 Å². The first-order valence-corrected chi connectivity index (χ1v) is 10.6. The van der Waals surface area contributed by atoms with Gasteiger partial charge in [0, 0.05) is 24.0 Å². The van der Waals surface area contributed by atoms with E-state index in [9.17, 15) is 9.00 Å². The molecule has 5 nitrogen and oxygen atoms in total. The average molecular weight is 358 g/mol. The highest BCUT2D eigenvalue weighted by atomic mass is 32.2. The van der Waals surface area contributed by atoms with E-state index in [1.165, 1.54) is 0 Å². The van der Waals surface area contributed by atoms with Gasteiger partial charge in [-0.2, -0.15) is 0 Å². The van der Waals surface area contributed by atoms with Crippen LogP contribution >= 0.6 is 0 Å². The molecule has 1 saturated heterocycles. The second-order valence-electron chi connectivity index (χ2n) is 9.19. The van der Waals surface area contributed by atoms with Gasteiger partial charge in [-0.1, -0.05) is 34.6 Å². The minimum Gasteiger partial charge on any atom is -0.335 e. The molecule has 1 aliphatic heterocycles. The smallest absolute Gasteiger partial charge is 0.228 e. The Morgan fingerprint density at radius 1 is 1.25 bits per heavy atom. The van der Waals surface area contributed by atoms with Crippen molar-refractivity contribution in [2.75, 3.05) is 12.4 Å². The lowest BCUT2D eigenvalue weighted by molar-refractivity contribution is -0.145. The summed E-state index contributed by atoms with van der Waals surface area (Å²) in [5.74, 6) is 0.396. The molecule has 0 aromatic rings. The number of nitrogens with one attached hydrogen (secondary N) is 1. The predicted molar refractivity (Wildman–Crippen MR) is 99.7 cm³/mol. The van der Waals surface area contributed by atoms with Crippen molar-refractivity contribution < 1.29 is 9.00 Å². The second kappa shape index (κ2) is 7.42. The van der Waals surface area contributed by atoms with Gasteiger partial charge in [0.2, 0.25) is 5.91 Å². The van der Waals surface area contributed by atoms with E-state index in [-0.39, 0.29) is 23.2 Å². The molecule has 2 aliphatic rings. The summed E-state index contributed by atoms with van der Waals surface area (Å²) in [5.41, 5.74) is 5.54. The highest BCUT2D eigenvalue weighted by Gasteiger charge is 2.42. The van der Waals surface area contributed by atoms with Crippen LogP contribution in [-0.2, 0) is 15.6 Å². The topological polar surface area (TPSA) is 75.4 Å². The first-order valence-electron chi connectivity index (χ1n) is 9.18. The molecule has 24 heavy (non-hydrogen) atoms. The summed E-state index contributed by atoms with van der Waals surface area (Å²) in [4.78, 5) is 15.3.